The highest BCUT2D eigenvalue weighted by Gasteiger charge is 2.48. The first-order valence-corrected chi connectivity index (χ1v) is 7.86. The number of halogens is 1. The Hall–Kier alpha value is -1.36. The van der Waals surface area contributed by atoms with Crippen molar-refractivity contribution in [2.24, 2.45) is 11.3 Å². The van der Waals surface area contributed by atoms with E-state index >= 15 is 0 Å². The molecule has 114 valence electrons. The molecule has 21 heavy (non-hydrogen) atoms. The van der Waals surface area contributed by atoms with E-state index in [1.165, 1.54) is 0 Å². The predicted molar refractivity (Wildman–Crippen MR) is 84.3 cm³/mol. The number of rotatable bonds is 3. The minimum Gasteiger partial charge on any atom is -0.481 e. The van der Waals surface area contributed by atoms with E-state index in [0.717, 1.165) is 10.0 Å². The second kappa shape index (κ2) is 5.79. The molecule has 0 bridgehead atoms. The third-order valence-electron chi connectivity index (χ3n) is 4.52. The number of likely N-dealkylation sites (tertiary alicyclic amines) is 1. The second-order valence-electron chi connectivity index (χ2n) is 6.06. The van der Waals surface area contributed by atoms with Gasteiger partial charge < -0.3 is 10.0 Å². The molecular formula is C16H20BrNO3. The summed E-state index contributed by atoms with van der Waals surface area (Å²) in [4.78, 5) is 25.8. The molecule has 1 atom stereocenters. The van der Waals surface area contributed by atoms with E-state index in [9.17, 15) is 14.7 Å². The third kappa shape index (κ3) is 2.84. The highest BCUT2D eigenvalue weighted by atomic mass is 79.9. The molecular weight excluding hydrogens is 334 g/mol. The Labute approximate surface area is 133 Å². The average Bonchev–Trinajstić information content (AvgIpc) is 2.87. The van der Waals surface area contributed by atoms with Crippen molar-refractivity contribution in [2.75, 3.05) is 13.1 Å². The second-order valence-corrected chi connectivity index (χ2v) is 6.91. The molecule has 1 aromatic carbocycles. The van der Waals surface area contributed by atoms with Crippen LogP contribution in [0.15, 0.2) is 22.7 Å². The van der Waals surface area contributed by atoms with E-state index in [2.05, 4.69) is 15.9 Å². The molecule has 1 amide bonds. The van der Waals surface area contributed by atoms with E-state index in [0.29, 0.717) is 18.5 Å². The van der Waals surface area contributed by atoms with Crippen molar-refractivity contribution in [3.8, 4) is 0 Å². The van der Waals surface area contributed by atoms with Crippen LogP contribution in [0.4, 0.5) is 0 Å². The zero-order valence-corrected chi connectivity index (χ0v) is 14.1. The molecule has 1 aromatic rings. The molecule has 1 aliphatic rings. The maximum Gasteiger partial charge on any atom is 0.311 e. The van der Waals surface area contributed by atoms with Crippen molar-refractivity contribution in [1.82, 2.24) is 4.90 Å². The summed E-state index contributed by atoms with van der Waals surface area (Å²) in [5, 5.41) is 9.54. The first-order valence-electron chi connectivity index (χ1n) is 7.07. The summed E-state index contributed by atoms with van der Waals surface area (Å²) in [5.41, 5.74) is 0.786. The van der Waals surface area contributed by atoms with Crippen molar-refractivity contribution in [2.45, 2.75) is 27.2 Å². The van der Waals surface area contributed by atoms with Gasteiger partial charge in [-0.15, -0.1) is 0 Å². The molecule has 0 saturated carbocycles. The first kappa shape index (κ1) is 16.0. The van der Waals surface area contributed by atoms with E-state index < -0.39 is 11.4 Å². The van der Waals surface area contributed by atoms with Crippen molar-refractivity contribution in [3.05, 3.63) is 33.8 Å². The summed E-state index contributed by atoms with van der Waals surface area (Å²) in [6.07, 6.45) is 0.515. The van der Waals surface area contributed by atoms with Crippen LogP contribution in [0.25, 0.3) is 0 Å². The van der Waals surface area contributed by atoms with Crippen molar-refractivity contribution in [1.29, 1.82) is 0 Å². The van der Waals surface area contributed by atoms with Gasteiger partial charge in [-0.2, -0.15) is 0 Å². The molecule has 1 heterocycles. The van der Waals surface area contributed by atoms with Crippen LogP contribution in [-0.2, 0) is 4.79 Å². The number of aryl methyl sites for hydroxylation is 1. The smallest absolute Gasteiger partial charge is 0.311 e. The van der Waals surface area contributed by atoms with Gasteiger partial charge in [0.2, 0.25) is 0 Å². The predicted octanol–water partition coefficient (Wildman–Crippen LogP) is 3.33. The summed E-state index contributed by atoms with van der Waals surface area (Å²) in [6.45, 7) is 6.53. The summed E-state index contributed by atoms with van der Waals surface area (Å²) >= 11 is 3.42. The Balaban J connectivity index is 2.22. The summed E-state index contributed by atoms with van der Waals surface area (Å²) < 4.78 is 0.961. The lowest BCUT2D eigenvalue weighted by molar-refractivity contribution is -0.150. The quantitative estimate of drug-likeness (QED) is 0.906. The van der Waals surface area contributed by atoms with E-state index in [1.807, 2.05) is 32.9 Å². The summed E-state index contributed by atoms with van der Waals surface area (Å²) in [5.74, 6) is -0.895. The zero-order chi connectivity index (χ0) is 15.8. The molecule has 0 aliphatic carbocycles. The lowest BCUT2D eigenvalue weighted by Gasteiger charge is -2.28. The van der Waals surface area contributed by atoms with Gasteiger partial charge in [-0.25, -0.2) is 0 Å². The SMILES string of the molecule is Cc1cc(C(=O)N2CCC(C(=O)O)(C(C)C)C2)ccc1Br. The van der Waals surface area contributed by atoms with Gasteiger partial charge in [-0.05, 0) is 43.0 Å². The average molecular weight is 354 g/mol. The molecule has 2 rings (SSSR count). The summed E-state index contributed by atoms with van der Waals surface area (Å²) in [7, 11) is 0. The maximum absolute atomic E-state index is 12.6. The van der Waals surface area contributed by atoms with E-state index in [-0.39, 0.29) is 18.4 Å². The van der Waals surface area contributed by atoms with Crippen molar-refractivity contribution in [3.63, 3.8) is 0 Å². The molecule has 5 heteroatoms. The maximum atomic E-state index is 12.6. The van der Waals surface area contributed by atoms with Gasteiger partial charge in [-0.1, -0.05) is 29.8 Å². The van der Waals surface area contributed by atoms with Gasteiger partial charge in [0, 0.05) is 23.1 Å². The number of amides is 1. The number of carbonyl (C=O) groups is 2. The number of nitrogens with zero attached hydrogens (tertiary/aromatic N) is 1. The van der Waals surface area contributed by atoms with Gasteiger partial charge in [0.15, 0.2) is 0 Å². The van der Waals surface area contributed by atoms with Crippen LogP contribution in [0.1, 0.15) is 36.2 Å². The van der Waals surface area contributed by atoms with Crippen molar-refractivity contribution >= 4 is 27.8 Å². The molecule has 1 saturated heterocycles. The Bertz CT molecular complexity index is 585. The molecule has 1 fully saturated rings. The topological polar surface area (TPSA) is 57.6 Å². The largest absolute Gasteiger partial charge is 0.481 e. The lowest BCUT2D eigenvalue weighted by atomic mass is 9.76. The Kier molecular flexibility index (Phi) is 4.42. The van der Waals surface area contributed by atoms with Crippen molar-refractivity contribution < 1.29 is 14.7 Å². The molecule has 4 nitrogen and oxygen atoms in total. The van der Waals surface area contributed by atoms with Crippen LogP contribution in [0.3, 0.4) is 0 Å². The zero-order valence-electron chi connectivity index (χ0n) is 12.5. The normalized spacial score (nSPS) is 21.9. The minimum atomic E-state index is -0.819. The van der Waals surface area contributed by atoms with Gasteiger partial charge in [0.1, 0.15) is 0 Å². The molecule has 0 spiro atoms. The molecule has 1 aliphatic heterocycles. The fourth-order valence-electron chi connectivity index (χ4n) is 2.86. The van der Waals surface area contributed by atoms with Crippen LogP contribution in [0, 0.1) is 18.3 Å². The van der Waals surface area contributed by atoms with Crippen LogP contribution < -0.4 is 0 Å². The number of aliphatic carboxylic acids is 1. The molecule has 1 unspecified atom stereocenters. The third-order valence-corrected chi connectivity index (χ3v) is 5.41. The van der Waals surface area contributed by atoms with Gasteiger partial charge in [0.05, 0.1) is 5.41 Å². The fourth-order valence-corrected chi connectivity index (χ4v) is 3.11. The number of carboxylic acid groups (broad SMARTS) is 1. The standard InChI is InChI=1S/C16H20BrNO3/c1-10(2)16(15(20)21)6-7-18(9-16)14(19)12-4-5-13(17)11(3)8-12/h4-5,8,10H,6-7,9H2,1-3H3,(H,20,21). The number of hydrogen-bond acceptors (Lipinski definition) is 2. The van der Waals surface area contributed by atoms with Gasteiger partial charge in [0.25, 0.3) is 5.91 Å². The fraction of sp³-hybridized carbons (Fsp3) is 0.500. The molecule has 1 N–H and O–H groups in total. The van der Waals surface area contributed by atoms with Crippen LogP contribution in [0.5, 0.6) is 0 Å². The number of carboxylic acids is 1. The Morgan fingerprint density at radius 2 is 2.05 bits per heavy atom. The van der Waals surface area contributed by atoms with Gasteiger partial charge in [-0.3, -0.25) is 9.59 Å². The number of benzene rings is 1. The highest BCUT2D eigenvalue weighted by molar-refractivity contribution is 9.10. The monoisotopic (exact) mass is 353 g/mol. The van der Waals surface area contributed by atoms with Gasteiger partial charge >= 0.3 is 5.97 Å². The van der Waals surface area contributed by atoms with E-state index in [1.54, 1.807) is 11.0 Å². The number of carbonyl (C=O) groups excluding carboxylic acids is 1. The van der Waals surface area contributed by atoms with Crippen LogP contribution in [0.2, 0.25) is 0 Å². The van der Waals surface area contributed by atoms with E-state index in [4.69, 9.17) is 0 Å². The molecule has 0 aromatic heterocycles. The van der Waals surface area contributed by atoms with Crippen LogP contribution in [-0.4, -0.2) is 35.0 Å². The lowest BCUT2D eigenvalue weighted by Crippen LogP contribution is -2.40. The highest BCUT2D eigenvalue weighted by Crippen LogP contribution is 2.38. The Morgan fingerprint density at radius 1 is 1.38 bits per heavy atom. The minimum absolute atomic E-state index is 0.000506. The summed E-state index contributed by atoms with van der Waals surface area (Å²) in [6, 6.07) is 5.46. The Morgan fingerprint density at radius 3 is 2.52 bits per heavy atom. The molecule has 0 radical (unpaired) electrons. The van der Waals surface area contributed by atoms with Crippen LogP contribution >= 0.6 is 15.9 Å². The first-order chi connectivity index (χ1) is 9.78. The number of hydrogen-bond donors (Lipinski definition) is 1.